The molecule has 7 nitrogen and oxygen atoms in total. The van der Waals surface area contributed by atoms with Crippen molar-refractivity contribution in [1.82, 2.24) is 10.6 Å². The van der Waals surface area contributed by atoms with Crippen LogP contribution in [0, 0.1) is 5.92 Å². The van der Waals surface area contributed by atoms with E-state index in [0.29, 0.717) is 19.3 Å². The van der Waals surface area contributed by atoms with Gasteiger partial charge < -0.3 is 20.5 Å². The van der Waals surface area contributed by atoms with E-state index in [9.17, 15) is 14.4 Å². The van der Waals surface area contributed by atoms with Crippen molar-refractivity contribution in [3.05, 3.63) is 59.7 Å². The number of nitrogens with one attached hydrogen (secondary N) is 2. The minimum absolute atomic E-state index is 0.0237. The Labute approximate surface area is 206 Å². The number of rotatable bonds is 9. The fourth-order valence-corrected chi connectivity index (χ4v) is 5.50. The van der Waals surface area contributed by atoms with E-state index in [1.54, 1.807) is 0 Å². The third kappa shape index (κ3) is 5.84. The fourth-order valence-electron chi connectivity index (χ4n) is 5.50. The number of carboxylic acids is 1. The Morgan fingerprint density at radius 2 is 1.63 bits per heavy atom. The van der Waals surface area contributed by atoms with Crippen molar-refractivity contribution in [2.24, 2.45) is 5.92 Å². The second-order valence-corrected chi connectivity index (χ2v) is 9.56. The van der Waals surface area contributed by atoms with Crippen LogP contribution in [0.5, 0.6) is 0 Å². The zero-order valence-corrected chi connectivity index (χ0v) is 20.2. The normalized spacial score (nSPS) is 19.8. The molecule has 35 heavy (non-hydrogen) atoms. The molecule has 0 heterocycles. The molecule has 7 heteroatoms. The second kappa shape index (κ2) is 11.4. The van der Waals surface area contributed by atoms with Crippen LogP contribution in [0.3, 0.4) is 0 Å². The lowest BCUT2D eigenvalue weighted by Gasteiger charge is -2.32. The summed E-state index contributed by atoms with van der Waals surface area (Å²) in [5, 5.41) is 15.0. The first-order valence-electron chi connectivity index (χ1n) is 12.6. The molecule has 0 spiro atoms. The Hall–Kier alpha value is -3.35. The topological polar surface area (TPSA) is 105 Å². The number of hydrogen-bond acceptors (Lipinski definition) is 4. The molecule has 2 aromatic carbocycles. The van der Waals surface area contributed by atoms with Gasteiger partial charge in [0.2, 0.25) is 5.91 Å². The number of aliphatic carboxylic acids is 1. The highest BCUT2D eigenvalue weighted by Crippen LogP contribution is 2.44. The minimum atomic E-state index is -0.930. The number of carboxylic acid groups (broad SMARTS) is 1. The van der Waals surface area contributed by atoms with Gasteiger partial charge in [0.15, 0.2) is 0 Å². The molecular formula is C28H34N2O5. The third-order valence-corrected chi connectivity index (χ3v) is 7.15. The highest BCUT2D eigenvalue weighted by molar-refractivity contribution is 5.82. The van der Waals surface area contributed by atoms with Crippen LogP contribution in [0.25, 0.3) is 11.1 Å². The van der Waals surface area contributed by atoms with Crippen LogP contribution >= 0.6 is 0 Å². The van der Waals surface area contributed by atoms with Gasteiger partial charge in [-0.25, -0.2) is 4.79 Å². The maximum atomic E-state index is 13.0. The molecule has 0 unspecified atom stereocenters. The van der Waals surface area contributed by atoms with Crippen molar-refractivity contribution in [2.45, 2.75) is 69.9 Å². The predicted molar refractivity (Wildman–Crippen MR) is 133 cm³/mol. The van der Waals surface area contributed by atoms with E-state index in [0.717, 1.165) is 30.4 Å². The first-order chi connectivity index (χ1) is 17.0. The summed E-state index contributed by atoms with van der Waals surface area (Å²) in [5.41, 5.74) is 4.64. The van der Waals surface area contributed by atoms with Gasteiger partial charge in [-0.15, -0.1) is 0 Å². The molecule has 0 radical (unpaired) electrons. The largest absolute Gasteiger partial charge is 0.481 e. The molecule has 3 atom stereocenters. The minimum Gasteiger partial charge on any atom is -0.481 e. The average molecular weight is 479 g/mol. The van der Waals surface area contributed by atoms with Gasteiger partial charge in [0.05, 0.1) is 12.3 Å². The van der Waals surface area contributed by atoms with Gasteiger partial charge in [-0.3, -0.25) is 9.59 Å². The number of alkyl carbamates (subject to hydrolysis) is 1. The van der Waals surface area contributed by atoms with Crippen LogP contribution in [0.15, 0.2) is 48.5 Å². The van der Waals surface area contributed by atoms with Crippen molar-refractivity contribution >= 4 is 18.0 Å². The lowest BCUT2D eigenvalue weighted by molar-refractivity contribution is -0.138. The van der Waals surface area contributed by atoms with Gasteiger partial charge in [0, 0.05) is 18.0 Å². The standard InChI is InChI=1S/C28H34N2O5/c1-2-9-18(16-26(31)32)29-27(33)23-14-7-8-15-25(23)30-28(34)35-17-24-21-12-5-3-10-19(21)20-11-4-6-13-22(20)24/h3-6,10-13,18,23-25H,2,7-9,14-17H2,1H3,(H,29,33)(H,30,34)(H,31,32)/t18-,23+,25-/m0/s1. The molecule has 186 valence electrons. The highest BCUT2D eigenvalue weighted by atomic mass is 16.5. The lowest BCUT2D eigenvalue weighted by Crippen LogP contribution is -2.50. The molecule has 0 aromatic heterocycles. The van der Waals surface area contributed by atoms with Crippen molar-refractivity contribution in [3.8, 4) is 11.1 Å². The molecule has 2 aliphatic rings. The summed E-state index contributed by atoms with van der Waals surface area (Å²) >= 11 is 0. The quantitative estimate of drug-likeness (QED) is 0.478. The summed E-state index contributed by atoms with van der Waals surface area (Å²) in [7, 11) is 0. The zero-order valence-electron chi connectivity index (χ0n) is 20.2. The first kappa shape index (κ1) is 24.8. The van der Waals surface area contributed by atoms with E-state index < -0.39 is 24.0 Å². The molecule has 2 aliphatic carbocycles. The molecule has 4 rings (SSSR count). The number of ether oxygens (including phenoxy) is 1. The maximum Gasteiger partial charge on any atom is 0.407 e. The van der Waals surface area contributed by atoms with Gasteiger partial charge in [-0.2, -0.15) is 0 Å². The van der Waals surface area contributed by atoms with Crippen molar-refractivity contribution < 1.29 is 24.2 Å². The van der Waals surface area contributed by atoms with E-state index in [-0.39, 0.29) is 30.9 Å². The highest BCUT2D eigenvalue weighted by Gasteiger charge is 2.34. The van der Waals surface area contributed by atoms with Crippen molar-refractivity contribution in [3.63, 3.8) is 0 Å². The lowest BCUT2D eigenvalue weighted by atomic mass is 9.83. The Kier molecular flexibility index (Phi) is 8.06. The van der Waals surface area contributed by atoms with E-state index in [2.05, 4.69) is 34.9 Å². The summed E-state index contributed by atoms with van der Waals surface area (Å²) in [4.78, 5) is 37.0. The summed E-state index contributed by atoms with van der Waals surface area (Å²) in [6.07, 6.45) is 3.94. The molecule has 2 amide bonds. The Morgan fingerprint density at radius 1 is 1.00 bits per heavy atom. The monoisotopic (exact) mass is 478 g/mol. The van der Waals surface area contributed by atoms with E-state index in [4.69, 9.17) is 9.84 Å². The second-order valence-electron chi connectivity index (χ2n) is 9.56. The van der Waals surface area contributed by atoms with E-state index >= 15 is 0 Å². The molecule has 1 saturated carbocycles. The molecule has 0 aliphatic heterocycles. The molecule has 0 saturated heterocycles. The van der Waals surface area contributed by atoms with Crippen LogP contribution < -0.4 is 10.6 Å². The Morgan fingerprint density at radius 3 is 2.26 bits per heavy atom. The molecular weight excluding hydrogens is 444 g/mol. The van der Waals surface area contributed by atoms with Crippen LogP contribution in [0.2, 0.25) is 0 Å². The fraction of sp³-hybridized carbons (Fsp3) is 0.464. The molecule has 3 N–H and O–H groups in total. The van der Waals surface area contributed by atoms with E-state index in [1.807, 2.05) is 31.2 Å². The first-order valence-corrected chi connectivity index (χ1v) is 12.6. The number of carbonyl (C=O) groups is 3. The van der Waals surface area contributed by atoms with Crippen molar-refractivity contribution in [1.29, 1.82) is 0 Å². The van der Waals surface area contributed by atoms with Crippen LogP contribution in [-0.2, 0) is 14.3 Å². The van der Waals surface area contributed by atoms with Gasteiger partial charge >= 0.3 is 12.1 Å². The number of hydrogen-bond donors (Lipinski definition) is 3. The van der Waals surface area contributed by atoms with Crippen LogP contribution in [0.1, 0.15) is 68.9 Å². The van der Waals surface area contributed by atoms with Gasteiger partial charge in [0.1, 0.15) is 6.61 Å². The third-order valence-electron chi connectivity index (χ3n) is 7.15. The summed E-state index contributed by atoms with van der Waals surface area (Å²) < 4.78 is 5.68. The smallest absolute Gasteiger partial charge is 0.407 e. The zero-order chi connectivity index (χ0) is 24.8. The maximum absolute atomic E-state index is 13.0. The summed E-state index contributed by atoms with van der Waals surface area (Å²) in [6, 6.07) is 15.6. The average Bonchev–Trinajstić information content (AvgIpc) is 3.16. The number of benzene rings is 2. The van der Waals surface area contributed by atoms with Crippen LogP contribution in [-0.4, -0.2) is 41.8 Å². The summed E-state index contributed by atoms with van der Waals surface area (Å²) in [5.74, 6) is -1.53. The number of carbonyl (C=O) groups excluding carboxylic acids is 2. The Balaban J connectivity index is 1.37. The number of amides is 2. The molecule has 0 bridgehead atoms. The van der Waals surface area contributed by atoms with Crippen LogP contribution in [0.4, 0.5) is 4.79 Å². The van der Waals surface area contributed by atoms with Gasteiger partial charge in [-0.05, 0) is 41.5 Å². The molecule has 2 aromatic rings. The predicted octanol–water partition coefficient (Wildman–Crippen LogP) is 4.84. The van der Waals surface area contributed by atoms with Crippen molar-refractivity contribution in [2.75, 3.05) is 6.61 Å². The van der Waals surface area contributed by atoms with Gasteiger partial charge in [-0.1, -0.05) is 74.7 Å². The number of fused-ring (bicyclic) bond motifs is 3. The molecule has 1 fully saturated rings. The SMILES string of the molecule is CCC[C@@H](CC(=O)O)NC(=O)[C@@H]1CCCC[C@@H]1NC(=O)OCC1c2ccccc2-c2ccccc21. The Bertz CT molecular complexity index is 1020. The van der Waals surface area contributed by atoms with Gasteiger partial charge in [0.25, 0.3) is 0 Å². The van der Waals surface area contributed by atoms with E-state index in [1.165, 1.54) is 11.1 Å². The summed E-state index contributed by atoms with van der Waals surface area (Å²) in [6.45, 7) is 2.18.